The zero-order valence-corrected chi connectivity index (χ0v) is 12.6. The lowest BCUT2D eigenvalue weighted by atomic mass is 9.78. The SMILES string of the molecule is C=CCC(CCCC)C1CCCCCCCCC1. The van der Waals surface area contributed by atoms with Crippen molar-refractivity contribution in [2.45, 2.75) is 90.4 Å². The van der Waals surface area contributed by atoms with Crippen LogP contribution < -0.4 is 0 Å². The Bertz CT molecular complexity index is 184. The lowest BCUT2D eigenvalue weighted by Crippen LogP contribution is -2.15. The van der Waals surface area contributed by atoms with Crippen LogP contribution in [0.25, 0.3) is 0 Å². The summed E-state index contributed by atoms with van der Waals surface area (Å²) in [5.74, 6) is 1.93. The van der Waals surface area contributed by atoms with Gasteiger partial charge in [-0.1, -0.05) is 83.6 Å². The zero-order valence-electron chi connectivity index (χ0n) is 12.6. The third-order valence-electron chi connectivity index (χ3n) is 4.71. The summed E-state index contributed by atoms with van der Waals surface area (Å²) in [6, 6.07) is 0. The highest BCUT2D eigenvalue weighted by Crippen LogP contribution is 2.32. The molecule has 1 rings (SSSR count). The Morgan fingerprint density at radius 3 is 2.06 bits per heavy atom. The van der Waals surface area contributed by atoms with Crippen LogP contribution in [-0.2, 0) is 0 Å². The van der Waals surface area contributed by atoms with Gasteiger partial charge in [0.25, 0.3) is 0 Å². The van der Waals surface area contributed by atoms with E-state index in [-0.39, 0.29) is 0 Å². The number of rotatable bonds is 6. The first-order chi connectivity index (χ1) is 8.88. The smallest absolute Gasteiger partial charge is 0.0322 e. The van der Waals surface area contributed by atoms with E-state index in [1.807, 2.05) is 0 Å². The molecular weight excluding hydrogens is 216 g/mol. The maximum atomic E-state index is 3.98. The van der Waals surface area contributed by atoms with E-state index in [1.165, 1.54) is 83.5 Å². The number of hydrogen-bond acceptors (Lipinski definition) is 0. The van der Waals surface area contributed by atoms with Crippen molar-refractivity contribution in [3.05, 3.63) is 12.7 Å². The highest BCUT2D eigenvalue weighted by Gasteiger charge is 2.19. The van der Waals surface area contributed by atoms with Crippen molar-refractivity contribution in [3.63, 3.8) is 0 Å². The first-order valence-electron chi connectivity index (χ1n) is 8.49. The lowest BCUT2D eigenvalue weighted by Gasteiger charge is -2.27. The van der Waals surface area contributed by atoms with E-state index in [0.717, 1.165) is 11.8 Å². The molecule has 0 aliphatic heterocycles. The molecule has 0 nitrogen and oxygen atoms in total. The molecule has 0 radical (unpaired) electrons. The Morgan fingerprint density at radius 1 is 1.00 bits per heavy atom. The van der Waals surface area contributed by atoms with Crippen molar-refractivity contribution in [2.24, 2.45) is 11.8 Å². The molecule has 0 saturated heterocycles. The van der Waals surface area contributed by atoms with E-state index in [0.29, 0.717) is 0 Å². The van der Waals surface area contributed by atoms with Gasteiger partial charge in [0.05, 0.1) is 0 Å². The molecule has 1 aliphatic rings. The Hall–Kier alpha value is -0.260. The molecule has 0 heterocycles. The Kier molecular flexibility index (Phi) is 9.34. The third-order valence-corrected chi connectivity index (χ3v) is 4.71. The van der Waals surface area contributed by atoms with Crippen LogP contribution in [0.1, 0.15) is 90.4 Å². The van der Waals surface area contributed by atoms with Gasteiger partial charge in [0.1, 0.15) is 0 Å². The normalized spacial score (nSPS) is 21.4. The molecule has 0 aromatic carbocycles. The molecule has 1 atom stereocenters. The van der Waals surface area contributed by atoms with Gasteiger partial charge in [-0.2, -0.15) is 0 Å². The Morgan fingerprint density at radius 2 is 1.56 bits per heavy atom. The summed E-state index contributed by atoms with van der Waals surface area (Å²) in [6.45, 7) is 6.30. The molecule has 1 saturated carbocycles. The van der Waals surface area contributed by atoms with Crippen molar-refractivity contribution in [1.82, 2.24) is 0 Å². The molecule has 0 aromatic rings. The summed E-state index contributed by atoms with van der Waals surface area (Å²) >= 11 is 0. The standard InChI is InChI=1S/C18H34/c1-3-5-14-17(13-4-2)18-15-11-9-7-6-8-10-12-16-18/h4,17-18H,2-3,5-16H2,1H3. The molecule has 1 aliphatic carbocycles. The summed E-state index contributed by atoms with van der Waals surface area (Å²) in [5, 5.41) is 0. The summed E-state index contributed by atoms with van der Waals surface area (Å²) in [4.78, 5) is 0. The van der Waals surface area contributed by atoms with Crippen molar-refractivity contribution in [2.75, 3.05) is 0 Å². The van der Waals surface area contributed by atoms with Crippen molar-refractivity contribution < 1.29 is 0 Å². The van der Waals surface area contributed by atoms with Crippen LogP contribution >= 0.6 is 0 Å². The quantitative estimate of drug-likeness (QED) is 0.471. The van der Waals surface area contributed by atoms with E-state index in [4.69, 9.17) is 0 Å². The highest BCUT2D eigenvalue weighted by atomic mass is 14.2. The minimum Gasteiger partial charge on any atom is -0.103 e. The predicted octanol–water partition coefficient (Wildman–Crippen LogP) is 6.51. The van der Waals surface area contributed by atoms with Gasteiger partial charge in [0.15, 0.2) is 0 Å². The van der Waals surface area contributed by atoms with Gasteiger partial charge >= 0.3 is 0 Å². The maximum Gasteiger partial charge on any atom is -0.0322 e. The molecule has 0 spiro atoms. The number of unbranched alkanes of at least 4 members (excludes halogenated alkanes) is 1. The highest BCUT2D eigenvalue weighted by molar-refractivity contribution is 4.79. The molecule has 1 unspecified atom stereocenters. The fourth-order valence-corrected chi connectivity index (χ4v) is 3.54. The lowest BCUT2D eigenvalue weighted by molar-refractivity contribution is 0.255. The first-order valence-corrected chi connectivity index (χ1v) is 8.49. The van der Waals surface area contributed by atoms with E-state index >= 15 is 0 Å². The van der Waals surface area contributed by atoms with Gasteiger partial charge in [-0.05, 0) is 24.7 Å². The fraction of sp³-hybridized carbons (Fsp3) is 0.889. The monoisotopic (exact) mass is 250 g/mol. The van der Waals surface area contributed by atoms with E-state index in [9.17, 15) is 0 Å². The molecular formula is C18H34. The Balaban J connectivity index is 2.45. The van der Waals surface area contributed by atoms with Gasteiger partial charge in [-0.25, -0.2) is 0 Å². The minimum atomic E-state index is 0.932. The fourth-order valence-electron chi connectivity index (χ4n) is 3.54. The third kappa shape index (κ3) is 6.61. The molecule has 0 aromatic heterocycles. The topological polar surface area (TPSA) is 0 Å². The molecule has 0 bridgehead atoms. The van der Waals surface area contributed by atoms with Gasteiger partial charge in [0, 0.05) is 0 Å². The van der Waals surface area contributed by atoms with Gasteiger partial charge in [-0.3, -0.25) is 0 Å². The van der Waals surface area contributed by atoms with Crippen LogP contribution in [-0.4, -0.2) is 0 Å². The average molecular weight is 250 g/mol. The predicted molar refractivity (Wildman–Crippen MR) is 82.9 cm³/mol. The molecule has 1 fully saturated rings. The van der Waals surface area contributed by atoms with E-state index in [2.05, 4.69) is 19.6 Å². The largest absolute Gasteiger partial charge is 0.103 e. The van der Waals surface area contributed by atoms with Crippen molar-refractivity contribution in [3.8, 4) is 0 Å². The second kappa shape index (κ2) is 10.6. The van der Waals surface area contributed by atoms with Gasteiger partial charge < -0.3 is 0 Å². The molecule has 106 valence electrons. The maximum absolute atomic E-state index is 3.98. The van der Waals surface area contributed by atoms with Crippen LogP contribution in [0.2, 0.25) is 0 Å². The summed E-state index contributed by atoms with van der Waals surface area (Å²) in [6.07, 6.45) is 20.9. The molecule has 0 amide bonds. The number of hydrogen-bond donors (Lipinski definition) is 0. The summed E-state index contributed by atoms with van der Waals surface area (Å²) < 4.78 is 0. The average Bonchev–Trinajstić information content (AvgIpc) is 2.41. The van der Waals surface area contributed by atoms with Crippen LogP contribution in [0, 0.1) is 11.8 Å². The van der Waals surface area contributed by atoms with Crippen molar-refractivity contribution >= 4 is 0 Å². The summed E-state index contributed by atoms with van der Waals surface area (Å²) in [7, 11) is 0. The summed E-state index contributed by atoms with van der Waals surface area (Å²) in [5.41, 5.74) is 0. The van der Waals surface area contributed by atoms with Crippen molar-refractivity contribution in [1.29, 1.82) is 0 Å². The van der Waals surface area contributed by atoms with Crippen LogP contribution in [0.4, 0.5) is 0 Å². The Labute approximate surface area is 115 Å². The minimum absolute atomic E-state index is 0.932. The van der Waals surface area contributed by atoms with Crippen LogP contribution in [0.15, 0.2) is 12.7 Å². The second-order valence-corrected chi connectivity index (χ2v) is 6.24. The molecule has 0 N–H and O–H groups in total. The first kappa shape index (κ1) is 15.8. The van der Waals surface area contributed by atoms with E-state index < -0.39 is 0 Å². The van der Waals surface area contributed by atoms with Crippen LogP contribution in [0.3, 0.4) is 0 Å². The van der Waals surface area contributed by atoms with Gasteiger partial charge in [0.2, 0.25) is 0 Å². The van der Waals surface area contributed by atoms with Crippen LogP contribution in [0.5, 0.6) is 0 Å². The zero-order chi connectivity index (χ0) is 13.1. The molecule has 18 heavy (non-hydrogen) atoms. The van der Waals surface area contributed by atoms with E-state index in [1.54, 1.807) is 0 Å². The van der Waals surface area contributed by atoms with Gasteiger partial charge in [-0.15, -0.1) is 6.58 Å². The second-order valence-electron chi connectivity index (χ2n) is 6.24. The molecule has 0 heteroatoms. The number of allylic oxidation sites excluding steroid dienone is 1.